The molecule has 88 valence electrons. The van der Waals surface area contributed by atoms with E-state index in [2.05, 4.69) is 0 Å². The summed E-state index contributed by atoms with van der Waals surface area (Å²) in [6.45, 7) is 0.619. The normalized spacial score (nSPS) is 18.4. The molecule has 16 heavy (non-hydrogen) atoms. The summed E-state index contributed by atoms with van der Waals surface area (Å²) in [5, 5.41) is 0.265. The summed E-state index contributed by atoms with van der Waals surface area (Å²) < 4.78 is 25.5. The van der Waals surface area contributed by atoms with E-state index in [1.807, 2.05) is 0 Å². The van der Waals surface area contributed by atoms with Gasteiger partial charge in [0.05, 0.1) is 10.0 Å². The highest BCUT2D eigenvalue weighted by Gasteiger charge is 2.36. The van der Waals surface area contributed by atoms with E-state index in [-0.39, 0.29) is 21.0 Å². The fourth-order valence-electron chi connectivity index (χ4n) is 1.52. The van der Waals surface area contributed by atoms with Crippen LogP contribution in [0.15, 0.2) is 23.1 Å². The predicted octanol–water partition coefficient (Wildman–Crippen LogP) is 1.33. The second-order valence-electron chi connectivity index (χ2n) is 3.63. The van der Waals surface area contributed by atoms with Crippen LogP contribution in [0.25, 0.3) is 0 Å². The van der Waals surface area contributed by atoms with Gasteiger partial charge in [-0.05, 0) is 12.1 Å². The molecule has 0 saturated carbocycles. The molecule has 0 spiro atoms. The van der Waals surface area contributed by atoms with E-state index in [0.717, 1.165) is 0 Å². The summed E-state index contributed by atoms with van der Waals surface area (Å²) in [5.41, 5.74) is 5.55. The van der Waals surface area contributed by atoms with Gasteiger partial charge in [-0.15, -0.1) is 0 Å². The van der Waals surface area contributed by atoms with Gasteiger partial charge in [0.15, 0.2) is 0 Å². The zero-order chi connectivity index (χ0) is 11.9. The van der Waals surface area contributed by atoms with Crippen molar-refractivity contribution in [2.24, 2.45) is 5.73 Å². The van der Waals surface area contributed by atoms with Crippen LogP contribution in [0.5, 0.6) is 0 Å². The van der Waals surface area contributed by atoms with Gasteiger partial charge in [-0.3, -0.25) is 0 Å². The Morgan fingerprint density at radius 2 is 1.75 bits per heavy atom. The van der Waals surface area contributed by atoms with Gasteiger partial charge < -0.3 is 5.73 Å². The van der Waals surface area contributed by atoms with Crippen LogP contribution < -0.4 is 5.73 Å². The van der Waals surface area contributed by atoms with Crippen molar-refractivity contribution in [3.63, 3.8) is 0 Å². The second-order valence-corrected chi connectivity index (χ2v) is 6.32. The molecule has 1 aromatic carbocycles. The first-order chi connectivity index (χ1) is 7.43. The van der Waals surface area contributed by atoms with Gasteiger partial charge in [0.25, 0.3) is 0 Å². The predicted molar refractivity (Wildman–Crippen MR) is 63.2 cm³/mol. The lowest BCUT2D eigenvalue weighted by molar-refractivity contribution is 0.265. The molecule has 1 heterocycles. The minimum absolute atomic E-state index is 0.0368. The Kier molecular flexibility index (Phi) is 3.16. The Labute approximate surface area is 104 Å². The first-order valence-corrected chi connectivity index (χ1v) is 6.82. The number of halogens is 2. The van der Waals surface area contributed by atoms with E-state index >= 15 is 0 Å². The molecule has 1 aliphatic heterocycles. The molecule has 0 bridgehead atoms. The number of hydrogen-bond donors (Lipinski definition) is 1. The lowest BCUT2D eigenvalue weighted by Gasteiger charge is -2.35. The molecule has 1 aliphatic rings. The van der Waals surface area contributed by atoms with Crippen molar-refractivity contribution in [3.05, 3.63) is 28.2 Å². The van der Waals surface area contributed by atoms with Gasteiger partial charge in [0.1, 0.15) is 4.90 Å². The third-order valence-corrected chi connectivity index (χ3v) is 5.18. The molecule has 0 radical (unpaired) electrons. The first kappa shape index (κ1) is 12.1. The third-order valence-electron chi connectivity index (χ3n) is 2.39. The molecule has 0 unspecified atom stereocenters. The highest BCUT2D eigenvalue weighted by molar-refractivity contribution is 7.89. The molecule has 7 heteroatoms. The number of rotatable bonds is 2. The standard InChI is InChI=1S/C9H10Cl2N2O2S/c10-7-2-1-3-8(11)9(7)16(14,15)13-4-6(12)5-13/h1-3,6H,4-5,12H2. The summed E-state index contributed by atoms with van der Waals surface area (Å²) in [6, 6.07) is 4.50. The van der Waals surface area contributed by atoms with E-state index < -0.39 is 10.0 Å². The molecule has 0 atom stereocenters. The smallest absolute Gasteiger partial charge is 0.246 e. The van der Waals surface area contributed by atoms with Crippen molar-refractivity contribution in [1.82, 2.24) is 4.31 Å². The van der Waals surface area contributed by atoms with Crippen LogP contribution in [0.1, 0.15) is 0 Å². The fourth-order valence-corrected chi connectivity index (χ4v) is 4.17. The summed E-state index contributed by atoms with van der Waals surface area (Å²) in [6.07, 6.45) is 0. The van der Waals surface area contributed by atoms with Crippen LogP contribution in [0.3, 0.4) is 0 Å². The molecular weight excluding hydrogens is 271 g/mol. The van der Waals surface area contributed by atoms with Gasteiger partial charge >= 0.3 is 0 Å². The Bertz CT molecular complexity index is 492. The highest BCUT2D eigenvalue weighted by Crippen LogP contribution is 2.32. The van der Waals surface area contributed by atoms with Gasteiger partial charge in [0.2, 0.25) is 10.0 Å². The average Bonchev–Trinajstić information content (AvgIpc) is 2.12. The topological polar surface area (TPSA) is 63.4 Å². The third kappa shape index (κ3) is 1.94. The summed E-state index contributed by atoms with van der Waals surface area (Å²) in [5.74, 6) is 0. The van der Waals surface area contributed by atoms with E-state index in [1.54, 1.807) is 6.07 Å². The van der Waals surface area contributed by atoms with Crippen LogP contribution in [-0.4, -0.2) is 31.9 Å². The maximum absolute atomic E-state index is 12.1. The van der Waals surface area contributed by atoms with Crippen LogP contribution >= 0.6 is 23.2 Å². The molecule has 1 fully saturated rings. The monoisotopic (exact) mass is 280 g/mol. The maximum atomic E-state index is 12.1. The first-order valence-electron chi connectivity index (χ1n) is 4.62. The van der Waals surface area contributed by atoms with Crippen molar-refractivity contribution in [2.75, 3.05) is 13.1 Å². The Hall–Kier alpha value is -0.330. The number of nitrogens with two attached hydrogens (primary N) is 1. The number of hydrogen-bond acceptors (Lipinski definition) is 3. The van der Waals surface area contributed by atoms with Gasteiger partial charge in [-0.1, -0.05) is 29.3 Å². The van der Waals surface area contributed by atoms with E-state index in [1.165, 1.54) is 16.4 Å². The molecule has 0 amide bonds. The van der Waals surface area contributed by atoms with Crippen molar-refractivity contribution in [1.29, 1.82) is 0 Å². The van der Waals surface area contributed by atoms with Crippen molar-refractivity contribution in [2.45, 2.75) is 10.9 Å². The molecular formula is C9H10Cl2N2O2S. The maximum Gasteiger partial charge on any atom is 0.246 e. The molecule has 1 saturated heterocycles. The minimum atomic E-state index is -3.61. The van der Waals surface area contributed by atoms with E-state index in [4.69, 9.17) is 28.9 Å². The molecule has 0 aromatic heterocycles. The van der Waals surface area contributed by atoms with Crippen molar-refractivity contribution >= 4 is 33.2 Å². The van der Waals surface area contributed by atoms with Crippen LogP contribution in [0.4, 0.5) is 0 Å². The zero-order valence-corrected chi connectivity index (χ0v) is 10.6. The summed E-state index contributed by atoms with van der Waals surface area (Å²) >= 11 is 11.7. The molecule has 2 rings (SSSR count). The summed E-state index contributed by atoms with van der Waals surface area (Å²) in [4.78, 5) is -0.0368. The largest absolute Gasteiger partial charge is 0.325 e. The summed E-state index contributed by atoms with van der Waals surface area (Å²) in [7, 11) is -3.61. The van der Waals surface area contributed by atoms with Crippen molar-refractivity contribution in [3.8, 4) is 0 Å². The van der Waals surface area contributed by atoms with Gasteiger partial charge in [0, 0.05) is 19.1 Å². The van der Waals surface area contributed by atoms with E-state index in [0.29, 0.717) is 13.1 Å². The highest BCUT2D eigenvalue weighted by atomic mass is 35.5. The van der Waals surface area contributed by atoms with Gasteiger partial charge in [-0.2, -0.15) is 4.31 Å². The molecule has 1 aromatic rings. The zero-order valence-electron chi connectivity index (χ0n) is 8.23. The van der Waals surface area contributed by atoms with Crippen LogP contribution in [-0.2, 0) is 10.0 Å². The van der Waals surface area contributed by atoms with Gasteiger partial charge in [-0.25, -0.2) is 8.42 Å². The Balaban J connectivity index is 2.44. The van der Waals surface area contributed by atoms with Crippen molar-refractivity contribution < 1.29 is 8.42 Å². The Morgan fingerprint density at radius 1 is 1.25 bits per heavy atom. The molecule has 4 nitrogen and oxygen atoms in total. The minimum Gasteiger partial charge on any atom is -0.325 e. The second kappa shape index (κ2) is 4.16. The number of benzene rings is 1. The lowest BCUT2D eigenvalue weighted by atomic mass is 10.2. The van der Waals surface area contributed by atoms with Crippen LogP contribution in [0.2, 0.25) is 10.0 Å². The van der Waals surface area contributed by atoms with E-state index in [9.17, 15) is 8.42 Å². The number of sulfonamides is 1. The molecule has 0 aliphatic carbocycles. The fraction of sp³-hybridized carbons (Fsp3) is 0.333. The average molecular weight is 281 g/mol. The Morgan fingerprint density at radius 3 is 2.19 bits per heavy atom. The lowest BCUT2D eigenvalue weighted by Crippen LogP contribution is -2.57. The molecule has 2 N–H and O–H groups in total. The SMILES string of the molecule is NC1CN(S(=O)(=O)c2c(Cl)cccc2Cl)C1. The number of nitrogens with zero attached hydrogens (tertiary/aromatic N) is 1. The quantitative estimate of drug-likeness (QED) is 0.889. The van der Waals surface area contributed by atoms with Crippen LogP contribution in [0, 0.1) is 0 Å².